The fourth-order valence-electron chi connectivity index (χ4n) is 7.68. The van der Waals surface area contributed by atoms with Crippen molar-refractivity contribution in [3.63, 3.8) is 0 Å². The van der Waals surface area contributed by atoms with Crippen LogP contribution in [0, 0.1) is 33.5 Å². The van der Waals surface area contributed by atoms with Gasteiger partial charge in [0.05, 0.1) is 0 Å². The highest BCUT2D eigenvalue weighted by Gasteiger charge is 2.41. The molecule has 2 atom stereocenters. The minimum absolute atomic E-state index is 0.0790. The van der Waals surface area contributed by atoms with Gasteiger partial charge in [-0.2, -0.15) is 0 Å². The summed E-state index contributed by atoms with van der Waals surface area (Å²) < 4.78 is 0. The lowest BCUT2D eigenvalue weighted by Gasteiger charge is -2.30. The second-order valence-corrected chi connectivity index (χ2v) is 18.5. The fourth-order valence-corrected chi connectivity index (χ4v) is 7.68. The minimum Gasteiger partial charge on any atom is -0.289 e. The maximum absolute atomic E-state index is 15.1. The van der Waals surface area contributed by atoms with Crippen LogP contribution in [0.2, 0.25) is 0 Å². The molecule has 0 aromatic carbocycles. The van der Waals surface area contributed by atoms with Crippen LogP contribution in [0.5, 0.6) is 0 Å². The van der Waals surface area contributed by atoms with Crippen molar-refractivity contribution in [3.05, 3.63) is 116 Å². The highest BCUT2D eigenvalue weighted by molar-refractivity contribution is 6.19. The van der Waals surface area contributed by atoms with Crippen LogP contribution < -0.4 is 0 Å². The van der Waals surface area contributed by atoms with Crippen molar-refractivity contribution in [3.8, 4) is 0 Å². The molecule has 0 heterocycles. The molecule has 246 valence electrons. The van der Waals surface area contributed by atoms with Crippen LogP contribution in [0.25, 0.3) is 0 Å². The Labute approximate surface area is 281 Å². The summed E-state index contributed by atoms with van der Waals surface area (Å²) in [4.78, 5) is 15.1. The summed E-state index contributed by atoms with van der Waals surface area (Å²) in [5.41, 5.74) is 13.1. The second-order valence-electron chi connectivity index (χ2n) is 18.5. The highest BCUT2D eigenvalue weighted by Crippen LogP contribution is 2.51. The lowest BCUT2D eigenvalue weighted by atomic mass is 9.74. The zero-order valence-corrected chi connectivity index (χ0v) is 31.1. The zero-order valence-electron chi connectivity index (χ0n) is 31.1. The van der Waals surface area contributed by atoms with Crippen molar-refractivity contribution in [2.24, 2.45) is 33.5 Å². The minimum atomic E-state index is 0.0790. The Balaban J connectivity index is 1.71. The number of Topliss-reactive ketones (excluding diaryl/α,β-unsaturated/α-hetero) is 1. The molecule has 0 aliphatic heterocycles. The van der Waals surface area contributed by atoms with E-state index in [0.717, 1.165) is 55.2 Å². The Morgan fingerprint density at radius 1 is 0.565 bits per heavy atom. The van der Waals surface area contributed by atoms with Gasteiger partial charge in [0.2, 0.25) is 0 Å². The number of ketones is 1. The predicted molar refractivity (Wildman–Crippen MR) is 198 cm³/mol. The van der Waals surface area contributed by atoms with Crippen LogP contribution in [-0.4, -0.2) is 5.78 Å². The lowest BCUT2D eigenvalue weighted by molar-refractivity contribution is -0.112. The van der Waals surface area contributed by atoms with Gasteiger partial charge in [-0.05, 0) is 99.5 Å². The van der Waals surface area contributed by atoms with Gasteiger partial charge in [-0.15, -0.1) is 0 Å². The van der Waals surface area contributed by atoms with Gasteiger partial charge in [0.1, 0.15) is 0 Å². The molecule has 5 rings (SSSR count). The van der Waals surface area contributed by atoms with Gasteiger partial charge in [0.15, 0.2) is 5.78 Å². The molecule has 1 heteroatoms. The number of carbonyl (C=O) groups excluding carboxylic acids is 1. The predicted octanol–water partition coefficient (Wildman–Crippen LogP) is 12.6. The SMILES string of the molecule is CC(C)(C)C1=CCC(C2=C(C3=CC=C(C(C)(C)C)CC3)C(C3=CC=C(C(C)(C)C)CC3)=C(C3=CCC(C(C)(C)C)C=C3)C2=O)C=C1. The molecule has 0 radical (unpaired) electrons. The molecule has 0 aromatic rings. The molecule has 0 N–H and O–H groups in total. The number of rotatable bonds is 4. The molecule has 0 amide bonds. The molecule has 0 saturated heterocycles. The summed E-state index contributed by atoms with van der Waals surface area (Å²) in [6.45, 7) is 27.7. The van der Waals surface area contributed by atoms with E-state index in [1.807, 2.05) is 0 Å². The average Bonchev–Trinajstić information content (AvgIpc) is 3.28. The first-order valence-corrected chi connectivity index (χ1v) is 17.9. The topological polar surface area (TPSA) is 17.1 Å². The number of hydrogen-bond donors (Lipinski definition) is 0. The van der Waals surface area contributed by atoms with Crippen LogP contribution in [0.15, 0.2) is 116 Å². The van der Waals surface area contributed by atoms with E-state index in [0.29, 0.717) is 5.92 Å². The van der Waals surface area contributed by atoms with Gasteiger partial charge >= 0.3 is 0 Å². The van der Waals surface area contributed by atoms with Crippen LogP contribution >= 0.6 is 0 Å². The monoisotopic (exact) mass is 616 g/mol. The summed E-state index contributed by atoms with van der Waals surface area (Å²) in [7, 11) is 0. The third-order valence-electron chi connectivity index (χ3n) is 10.9. The van der Waals surface area contributed by atoms with Crippen molar-refractivity contribution in [1.82, 2.24) is 0 Å². The Bertz CT molecular complexity index is 1600. The molecular formula is C45H60O. The van der Waals surface area contributed by atoms with Gasteiger partial charge in [-0.25, -0.2) is 0 Å². The van der Waals surface area contributed by atoms with E-state index in [-0.39, 0.29) is 33.4 Å². The fraction of sp³-hybridized carbons (Fsp3) is 0.533. The van der Waals surface area contributed by atoms with E-state index in [1.165, 1.54) is 39.0 Å². The Kier molecular flexibility index (Phi) is 9.17. The van der Waals surface area contributed by atoms with Crippen molar-refractivity contribution >= 4 is 5.78 Å². The lowest BCUT2D eigenvalue weighted by Crippen LogP contribution is -2.20. The summed E-state index contributed by atoms with van der Waals surface area (Å²) >= 11 is 0. The maximum Gasteiger partial charge on any atom is 0.191 e. The molecular weight excluding hydrogens is 556 g/mol. The van der Waals surface area contributed by atoms with Gasteiger partial charge in [-0.3, -0.25) is 4.79 Å². The van der Waals surface area contributed by atoms with Crippen molar-refractivity contribution < 1.29 is 4.79 Å². The van der Waals surface area contributed by atoms with Gasteiger partial charge in [0, 0.05) is 17.1 Å². The second kappa shape index (κ2) is 12.3. The largest absolute Gasteiger partial charge is 0.289 e. The van der Waals surface area contributed by atoms with Crippen LogP contribution in [0.3, 0.4) is 0 Å². The van der Waals surface area contributed by atoms with Crippen LogP contribution in [0.4, 0.5) is 0 Å². The van der Waals surface area contributed by atoms with E-state index in [1.54, 1.807) is 0 Å². The van der Waals surface area contributed by atoms with Crippen molar-refractivity contribution in [1.29, 1.82) is 0 Å². The van der Waals surface area contributed by atoms with E-state index in [9.17, 15) is 0 Å². The zero-order chi connectivity index (χ0) is 33.8. The molecule has 0 bridgehead atoms. The first-order chi connectivity index (χ1) is 21.3. The summed E-state index contributed by atoms with van der Waals surface area (Å²) in [6, 6.07) is 0. The van der Waals surface area contributed by atoms with Crippen LogP contribution in [0.1, 0.15) is 122 Å². The quantitative estimate of drug-likeness (QED) is 0.307. The summed E-state index contributed by atoms with van der Waals surface area (Å²) in [5, 5.41) is 0. The Hall–Kier alpha value is -2.93. The molecule has 1 nitrogen and oxygen atoms in total. The first kappa shape index (κ1) is 34.4. The van der Waals surface area contributed by atoms with Crippen molar-refractivity contribution in [2.75, 3.05) is 0 Å². The molecule has 0 aromatic heterocycles. The van der Waals surface area contributed by atoms with Gasteiger partial charge in [0.25, 0.3) is 0 Å². The Morgan fingerprint density at radius 3 is 1.52 bits per heavy atom. The van der Waals surface area contributed by atoms with E-state index >= 15 is 4.79 Å². The number of carbonyl (C=O) groups is 1. The van der Waals surface area contributed by atoms with Gasteiger partial charge in [-0.1, -0.05) is 155 Å². The normalized spacial score (nSPS) is 24.9. The summed E-state index contributed by atoms with van der Waals surface area (Å²) in [5.74, 6) is 0.796. The van der Waals surface area contributed by atoms with Crippen molar-refractivity contribution in [2.45, 2.75) is 122 Å². The molecule has 2 unspecified atom stereocenters. The standard InChI is InChI=1S/C45H60O/c1-42(2,3)33-21-13-29(14-22-33)37-38(30-15-23-34(24-16-30)43(4,5)6)40(32-19-27-36(28-20-32)45(10,11)12)41(46)39(37)31-17-25-35(26-18-31)44(7,8)9/h13,15,17-19,21,23,25,27-28,32,35H,14,16,20,22,24,26H2,1-12H3. The van der Waals surface area contributed by atoms with E-state index < -0.39 is 0 Å². The van der Waals surface area contributed by atoms with E-state index in [2.05, 4.69) is 144 Å². The molecule has 0 fully saturated rings. The number of hydrogen-bond acceptors (Lipinski definition) is 1. The Morgan fingerprint density at radius 2 is 1.13 bits per heavy atom. The van der Waals surface area contributed by atoms with Crippen LogP contribution in [-0.2, 0) is 4.79 Å². The first-order valence-electron chi connectivity index (χ1n) is 17.9. The molecule has 0 spiro atoms. The molecule has 5 aliphatic rings. The smallest absolute Gasteiger partial charge is 0.191 e. The third-order valence-corrected chi connectivity index (χ3v) is 10.9. The molecule has 46 heavy (non-hydrogen) atoms. The third kappa shape index (κ3) is 7.00. The average molecular weight is 617 g/mol. The highest BCUT2D eigenvalue weighted by atomic mass is 16.1. The molecule has 5 aliphatic carbocycles. The summed E-state index contributed by atoms with van der Waals surface area (Å²) in [6.07, 6.45) is 29.3. The molecule has 0 saturated carbocycles. The van der Waals surface area contributed by atoms with Gasteiger partial charge < -0.3 is 0 Å². The number of allylic oxidation sites excluding steroid dienone is 20. The maximum atomic E-state index is 15.1. The van der Waals surface area contributed by atoms with E-state index in [4.69, 9.17) is 0 Å².